The summed E-state index contributed by atoms with van der Waals surface area (Å²) in [6.07, 6.45) is 3.05. The van der Waals surface area contributed by atoms with Crippen LogP contribution in [0.25, 0.3) is 0 Å². The van der Waals surface area contributed by atoms with E-state index in [1.54, 1.807) is 12.1 Å². The number of hydrogen-bond donors (Lipinski definition) is 0. The second kappa shape index (κ2) is 6.67. The van der Waals surface area contributed by atoms with Crippen molar-refractivity contribution in [2.45, 2.75) is 16.9 Å². The molecular formula is C14H12F3N3O4S. The van der Waals surface area contributed by atoms with Gasteiger partial charge in [-0.05, 0) is 29.8 Å². The first kappa shape index (κ1) is 18.6. The summed E-state index contributed by atoms with van der Waals surface area (Å²) in [4.78, 5) is 14.4. The molecule has 1 aromatic carbocycles. The van der Waals surface area contributed by atoms with Crippen LogP contribution >= 0.6 is 0 Å². The van der Waals surface area contributed by atoms with E-state index in [0.29, 0.717) is 12.1 Å². The number of anilines is 1. The minimum Gasteiger partial charge on any atom is -0.365 e. The lowest BCUT2D eigenvalue weighted by molar-refractivity contribution is -0.384. The molecule has 0 saturated carbocycles. The van der Waals surface area contributed by atoms with E-state index in [-0.39, 0.29) is 12.2 Å². The van der Waals surface area contributed by atoms with Gasteiger partial charge in [-0.3, -0.25) is 15.1 Å². The predicted octanol–water partition coefficient (Wildman–Crippen LogP) is 2.92. The van der Waals surface area contributed by atoms with Gasteiger partial charge in [-0.15, -0.1) is 0 Å². The molecule has 0 radical (unpaired) electrons. The zero-order chi connectivity index (χ0) is 18.8. The van der Waals surface area contributed by atoms with Crippen LogP contribution in [0.5, 0.6) is 0 Å². The van der Waals surface area contributed by atoms with Crippen molar-refractivity contribution in [1.29, 1.82) is 0 Å². The molecule has 7 nitrogen and oxygen atoms in total. The van der Waals surface area contributed by atoms with E-state index in [0.717, 1.165) is 11.6 Å². The van der Waals surface area contributed by atoms with Crippen molar-refractivity contribution in [3.63, 3.8) is 0 Å². The number of sulfone groups is 1. The third-order valence-electron chi connectivity index (χ3n) is 3.34. The average Bonchev–Trinajstić information content (AvgIpc) is 2.54. The summed E-state index contributed by atoms with van der Waals surface area (Å²) < 4.78 is 60.7. The maximum atomic E-state index is 12.6. The van der Waals surface area contributed by atoms with Crippen molar-refractivity contribution in [3.05, 3.63) is 58.4 Å². The Bertz CT molecular complexity index is 886. The number of halogens is 3. The third kappa shape index (κ3) is 3.87. The van der Waals surface area contributed by atoms with E-state index in [4.69, 9.17) is 0 Å². The number of pyridine rings is 1. The molecule has 0 aliphatic carbocycles. The molecule has 0 aliphatic heterocycles. The molecule has 0 saturated heterocycles. The molecule has 1 aromatic heterocycles. The third-order valence-corrected chi connectivity index (χ3v) is 4.82. The van der Waals surface area contributed by atoms with Crippen LogP contribution in [0.3, 0.4) is 0 Å². The van der Waals surface area contributed by atoms with Crippen LogP contribution in [-0.2, 0) is 16.4 Å². The van der Waals surface area contributed by atoms with Crippen molar-refractivity contribution < 1.29 is 26.5 Å². The Labute approximate surface area is 140 Å². The van der Waals surface area contributed by atoms with Crippen LogP contribution < -0.4 is 4.90 Å². The van der Waals surface area contributed by atoms with Gasteiger partial charge in [0.1, 0.15) is 5.69 Å². The highest BCUT2D eigenvalue weighted by Gasteiger charge is 2.47. The van der Waals surface area contributed by atoms with E-state index >= 15 is 0 Å². The van der Waals surface area contributed by atoms with E-state index in [1.807, 2.05) is 0 Å². The highest BCUT2D eigenvalue weighted by molar-refractivity contribution is 7.92. The van der Waals surface area contributed by atoms with Crippen LogP contribution in [0.1, 0.15) is 5.56 Å². The molecule has 2 rings (SSSR count). The summed E-state index contributed by atoms with van der Waals surface area (Å²) >= 11 is 0. The Kier molecular flexibility index (Phi) is 4.97. The van der Waals surface area contributed by atoms with Crippen molar-refractivity contribution >= 4 is 21.2 Å². The van der Waals surface area contributed by atoms with Crippen LogP contribution in [0.4, 0.5) is 24.5 Å². The van der Waals surface area contributed by atoms with E-state index in [9.17, 15) is 31.7 Å². The number of nitrogens with zero attached hydrogens (tertiary/aromatic N) is 3. The molecule has 0 unspecified atom stereocenters. The first-order valence-electron chi connectivity index (χ1n) is 6.74. The molecule has 25 heavy (non-hydrogen) atoms. The van der Waals surface area contributed by atoms with E-state index < -0.39 is 30.9 Å². The van der Waals surface area contributed by atoms with Crippen molar-refractivity contribution in [2.24, 2.45) is 0 Å². The summed E-state index contributed by atoms with van der Waals surface area (Å²) in [5.74, 6) is 0. The zero-order valence-corrected chi connectivity index (χ0v) is 13.6. The van der Waals surface area contributed by atoms with Crippen LogP contribution in [0.15, 0.2) is 47.6 Å². The summed E-state index contributed by atoms with van der Waals surface area (Å²) in [6, 6.07) is 5.45. The highest BCUT2D eigenvalue weighted by Crippen LogP contribution is 2.36. The first-order chi connectivity index (χ1) is 11.5. The molecule has 0 aliphatic rings. The van der Waals surface area contributed by atoms with Crippen molar-refractivity contribution in [2.75, 3.05) is 11.9 Å². The number of aromatic nitrogens is 1. The molecule has 0 N–H and O–H groups in total. The standard InChI is InChI=1S/C14H12F3N3O4S/c1-19(9-10-4-6-18-7-5-10)12-3-2-11(8-13(12)20(21)22)25(23,24)14(15,16)17/h2-8H,9H2,1H3. The lowest BCUT2D eigenvalue weighted by atomic mass is 10.2. The Morgan fingerprint density at radius 2 is 1.80 bits per heavy atom. The Hall–Kier alpha value is -2.69. The van der Waals surface area contributed by atoms with Crippen LogP contribution in [-0.4, -0.2) is 30.9 Å². The Morgan fingerprint density at radius 3 is 2.32 bits per heavy atom. The Balaban J connectivity index is 2.45. The maximum Gasteiger partial charge on any atom is 0.501 e. The molecule has 0 bridgehead atoms. The minimum absolute atomic E-state index is 0.0112. The number of rotatable bonds is 5. The fourth-order valence-electron chi connectivity index (χ4n) is 2.12. The Morgan fingerprint density at radius 1 is 1.20 bits per heavy atom. The van der Waals surface area contributed by atoms with Gasteiger partial charge in [0.2, 0.25) is 0 Å². The second-order valence-electron chi connectivity index (χ2n) is 5.07. The fourth-order valence-corrected chi connectivity index (χ4v) is 2.90. The van der Waals surface area contributed by atoms with Crippen LogP contribution in [0, 0.1) is 10.1 Å². The fraction of sp³-hybridized carbons (Fsp3) is 0.214. The molecule has 0 fully saturated rings. The van der Waals surface area contributed by atoms with Gasteiger partial charge in [0.05, 0.1) is 9.82 Å². The zero-order valence-electron chi connectivity index (χ0n) is 12.8. The normalized spacial score (nSPS) is 12.0. The van der Waals surface area contributed by atoms with E-state index in [2.05, 4.69) is 4.98 Å². The number of nitro groups is 1. The molecule has 0 amide bonds. The van der Waals surface area contributed by atoms with Gasteiger partial charge in [0, 0.05) is 32.1 Å². The number of alkyl halides is 3. The minimum atomic E-state index is -5.67. The summed E-state index contributed by atoms with van der Waals surface area (Å²) in [6.45, 7) is 0.217. The lowest BCUT2D eigenvalue weighted by Gasteiger charge is -2.19. The topological polar surface area (TPSA) is 93.4 Å². The van der Waals surface area contributed by atoms with E-state index in [1.165, 1.54) is 24.3 Å². The molecule has 0 spiro atoms. The van der Waals surface area contributed by atoms with Gasteiger partial charge < -0.3 is 4.90 Å². The first-order valence-corrected chi connectivity index (χ1v) is 8.22. The number of benzene rings is 1. The average molecular weight is 375 g/mol. The van der Waals surface area contributed by atoms with Gasteiger partial charge in [0.15, 0.2) is 0 Å². The second-order valence-corrected chi connectivity index (χ2v) is 7.01. The summed E-state index contributed by atoms with van der Waals surface area (Å²) in [5.41, 5.74) is -5.52. The molecule has 11 heteroatoms. The highest BCUT2D eigenvalue weighted by atomic mass is 32.2. The molecule has 0 atom stereocenters. The summed E-state index contributed by atoms with van der Waals surface area (Å²) in [7, 11) is -4.16. The molecular weight excluding hydrogens is 363 g/mol. The van der Waals surface area contributed by atoms with Crippen LogP contribution in [0.2, 0.25) is 0 Å². The van der Waals surface area contributed by atoms with Gasteiger partial charge in [-0.25, -0.2) is 8.42 Å². The van der Waals surface area contributed by atoms with Gasteiger partial charge in [-0.1, -0.05) is 0 Å². The number of hydrogen-bond acceptors (Lipinski definition) is 6. The lowest BCUT2D eigenvalue weighted by Crippen LogP contribution is -2.24. The van der Waals surface area contributed by atoms with Crippen molar-refractivity contribution in [1.82, 2.24) is 4.98 Å². The number of nitro benzene ring substituents is 1. The smallest absolute Gasteiger partial charge is 0.365 e. The largest absolute Gasteiger partial charge is 0.501 e. The molecule has 134 valence electrons. The van der Waals surface area contributed by atoms with Gasteiger partial charge in [-0.2, -0.15) is 13.2 Å². The molecule has 2 aromatic rings. The SMILES string of the molecule is CN(Cc1ccncc1)c1ccc(S(=O)(=O)C(F)(F)F)cc1[N+](=O)[O-]. The van der Waals surface area contributed by atoms with Gasteiger partial charge >= 0.3 is 5.51 Å². The summed E-state index contributed by atoms with van der Waals surface area (Å²) in [5, 5.41) is 11.2. The molecule has 1 heterocycles. The quantitative estimate of drug-likeness (QED) is 0.589. The van der Waals surface area contributed by atoms with Gasteiger partial charge in [0.25, 0.3) is 15.5 Å². The maximum absolute atomic E-state index is 12.6. The monoisotopic (exact) mass is 375 g/mol. The predicted molar refractivity (Wildman–Crippen MR) is 82.7 cm³/mol. The van der Waals surface area contributed by atoms with Crippen molar-refractivity contribution in [3.8, 4) is 0 Å².